The Morgan fingerprint density at radius 3 is 1.67 bits per heavy atom. The van der Waals surface area contributed by atoms with Crippen LogP contribution in [0.5, 0.6) is 0 Å². The van der Waals surface area contributed by atoms with Crippen LogP contribution in [0.2, 0.25) is 0 Å². The van der Waals surface area contributed by atoms with E-state index in [1.165, 1.54) is 38.5 Å². The largest absolute Gasteiger partial charge is 0.456 e. The Bertz CT molecular complexity index is 3500. The summed E-state index contributed by atoms with van der Waals surface area (Å²) in [5, 5.41) is 7.02. The van der Waals surface area contributed by atoms with E-state index in [9.17, 15) is 0 Å². The van der Waals surface area contributed by atoms with Crippen LogP contribution in [0, 0.1) is 0 Å². The van der Waals surface area contributed by atoms with E-state index in [-0.39, 0.29) is 5.41 Å². The molecule has 1 aliphatic rings. The second kappa shape index (κ2) is 12.6. The molecule has 3 aromatic heterocycles. The number of para-hydroxylation sites is 2. The van der Waals surface area contributed by atoms with E-state index in [1.807, 2.05) is 12.1 Å². The number of hydrogen-bond donors (Lipinski definition) is 0. The minimum Gasteiger partial charge on any atom is -0.456 e. The molecular formula is C55H37NO2. The van der Waals surface area contributed by atoms with Crippen LogP contribution in [-0.4, -0.2) is 4.57 Å². The number of rotatable bonds is 5. The Labute approximate surface area is 335 Å². The lowest BCUT2D eigenvalue weighted by molar-refractivity contribution is 0.600. The molecule has 274 valence electrons. The van der Waals surface area contributed by atoms with Crippen molar-refractivity contribution >= 4 is 65.7 Å². The molecule has 58 heavy (non-hydrogen) atoms. The predicted octanol–water partition coefficient (Wildman–Crippen LogP) is 15.4. The quantitative estimate of drug-likeness (QED) is 0.176. The van der Waals surface area contributed by atoms with Crippen molar-refractivity contribution in [3.8, 4) is 39.1 Å². The first-order valence-corrected chi connectivity index (χ1v) is 20.0. The Hall–Kier alpha value is -7.36. The number of nitrogens with zero attached hydrogens (tertiary/aromatic N) is 1. The lowest BCUT2D eigenvalue weighted by atomic mass is 9.77. The Morgan fingerprint density at radius 2 is 1.00 bits per heavy atom. The standard InChI is InChI=1S/C55H37NO2/c1-55(27-8-3-9-28-55)41-21-23-49-45(34-41)43-22-17-40(33-50(43)56(49)42-13-4-2-5-14-42)39-20-26-54-48(32-39)47-31-38(19-25-53(47)58-54)36-12-10-11-35(29-36)37-18-24-52-46(30-37)44-15-6-7-16-51(44)57-52/h2-27,29-34H,28H2,1H3. The lowest BCUT2D eigenvalue weighted by Crippen LogP contribution is -2.19. The van der Waals surface area contributed by atoms with Crippen molar-refractivity contribution < 1.29 is 8.83 Å². The summed E-state index contributed by atoms with van der Waals surface area (Å²) in [6.07, 6.45) is 9.93. The second-order valence-corrected chi connectivity index (χ2v) is 16.0. The van der Waals surface area contributed by atoms with Crippen LogP contribution in [0.4, 0.5) is 0 Å². The first-order chi connectivity index (χ1) is 28.6. The van der Waals surface area contributed by atoms with Gasteiger partial charge in [0.2, 0.25) is 0 Å². The van der Waals surface area contributed by atoms with Crippen molar-refractivity contribution in [3.05, 3.63) is 200 Å². The Kier molecular flexibility index (Phi) is 7.12. The zero-order valence-corrected chi connectivity index (χ0v) is 31.9. The summed E-state index contributed by atoms with van der Waals surface area (Å²) >= 11 is 0. The average Bonchev–Trinajstić information content (AvgIpc) is 3.95. The first kappa shape index (κ1) is 32.8. The zero-order valence-electron chi connectivity index (χ0n) is 31.9. The molecule has 0 bridgehead atoms. The van der Waals surface area contributed by atoms with Gasteiger partial charge >= 0.3 is 0 Å². The van der Waals surface area contributed by atoms with Gasteiger partial charge in [0.25, 0.3) is 0 Å². The molecule has 0 saturated carbocycles. The minimum atomic E-state index is -0.0270. The molecule has 8 aromatic carbocycles. The normalized spacial score (nSPS) is 15.5. The van der Waals surface area contributed by atoms with Gasteiger partial charge in [-0.25, -0.2) is 0 Å². The summed E-state index contributed by atoms with van der Waals surface area (Å²) in [6, 6.07) is 61.4. The third-order valence-corrected chi connectivity index (χ3v) is 12.4. The van der Waals surface area contributed by atoms with Crippen molar-refractivity contribution in [1.82, 2.24) is 4.57 Å². The van der Waals surface area contributed by atoms with Gasteiger partial charge in [-0.05, 0) is 124 Å². The third kappa shape index (κ3) is 5.13. The van der Waals surface area contributed by atoms with Crippen LogP contribution < -0.4 is 0 Å². The number of fused-ring (bicyclic) bond motifs is 9. The van der Waals surface area contributed by atoms with Gasteiger partial charge in [-0.1, -0.05) is 122 Å². The summed E-state index contributed by atoms with van der Waals surface area (Å²) in [7, 11) is 0. The van der Waals surface area contributed by atoms with E-state index < -0.39 is 0 Å². The maximum absolute atomic E-state index is 6.43. The second-order valence-electron chi connectivity index (χ2n) is 16.0. The van der Waals surface area contributed by atoms with E-state index >= 15 is 0 Å². The molecule has 0 spiro atoms. The fraction of sp³-hybridized carbons (Fsp3) is 0.0545. The van der Waals surface area contributed by atoms with E-state index in [2.05, 4.69) is 194 Å². The van der Waals surface area contributed by atoms with Crippen LogP contribution in [0.3, 0.4) is 0 Å². The van der Waals surface area contributed by atoms with Gasteiger partial charge in [-0.2, -0.15) is 0 Å². The number of benzene rings is 8. The highest BCUT2D eigenvalue weighted by molar-refractivity contribution is 6.12. The van der Waals surface area contributed by atoms with Gasteiger partial charge in [-0.15, -0.1) is 0 Å². The van der Waals surface area contributed by atoms with E-state index in [0.717, 1.165) is 78.2 Å². The zero-order chi connectivity index (χ0) is 38.4. The van der Waals surface area contributed by atoms with Crippen molar-refractivity contribution in [1.29, 1.82) is 0 Å². The molecule has 1 atom stereocenters. The number of furan rings is 2. The molecule has 11 aromatic rings. The van der Waals surface area contributed by atoms with Crippen molar-refractivity contribution in [3.63, 3.8) is 0 Å². The smallest absolute Gasteiger partial charge is 0.135 e. The molecular weight excluding hydrogens is 707 g/mol. The highest BCUT2D eigenvalue weighted by Crippen LogP contribution is 2.41. The molecule has 0 aliphatic heterocycles. The monoisotopic (exact) mass is 743 g/mol. The van der Waals surface area contributed by atoms with E-state index in [0.29, 0.717) is 0 Å². The van der Waals surface area contributed by atoms with Gasteiger partial charge < -0.3 is 13.4 Å². The summed E-state index contributed by atoms with van der Waals surface area (Å²) in [5.74, 6) is 0. The lowest BCUT2D eigenvalue weighted by Gasteiger charge is -2.27. The van der Waals surface area contributed by atoms with Crippen LogP contribution in [0.1, 0.15) is 18.9 Å². The number of allylic oxidation sites excluding steroid dienone is 4. The highest BCUT2D eigenvalue weighted by atomic mass is 16.3. The van der Waals surface area contributed by atoms with Gasteiger partial charge in [0, 0.05) is 43.4 Å². The van der Waals surface area contributed by atoms with Gasteiger partial charge in [-0.3, -0.25) is 0 Å². The van der Waals surface area contributed by atoms with Gasteiger partial charge in [0.05, 0.1) is 11.0 Å². The molecule has 3 nitrogen and oxygen atoms in total. The maximum atomic E-state index is 6.43. The highest BCUT2D eigenvalue weighted by Gasteiger charge is 2.25. The molecule has 0 radical (unpaired) electrons. The van der Waals surface area contributed by atoms with Gasteiger partial charge in [0.1, 0.15) is 22.3 Å². The molecule has 0 fully saturated rings. The minimum absolute atomic E-state index is 0.0270. The molecule has 0 saturated heterocycles. The van der Waals surface area contributed by atoms with Gasteiger partial charge in [0.15, 0.2) is 0 Å². The summed E-state index contributed by atoms with van der Waals surface area (Å²) in [5.41, 5.74) is 15.4. The fourth-order valence-electron chi connectivity index (χ4n) is 9.27. The topological polar surface area (TPSA) is 31.2 Å². The molecule has 12 rings (SSSR count). The van der Waals surface area contributed by atoms with Crippen LogP contribution in [0.25, 0.3) is 105 Å². The average molecular weight is 744 g/mol. The summed E-state index contributed by atoms with van der Waals surface area (Å²) in [4.78, 5) is 0. The molecule has 3 heterocycles. The third-order valence-electron chi connectivity index (χ3n) is 12.4. The first-order valence-electron chi connectivity index (χ1n) is 20.0. The van der Waals surface area contributed by atoms with Crippen LogP contribution in [0.15, 0.2) is 203 Å². The van der Waals surface area contributed by atoms with Crippen molar-refractivity contribution in [2.75, 3.05) is 0 Å². The van der Waals surface area contributed by atoms with Crippen LogP contribution >= 0.6 is 0 Å². The molecule has 3 heteroatoms. The summed E-state index contributed by atoms with van der Waals surface area (Å²) in [6.45, 7) is 2.34. The SMILES string of the molecule is CC1(c2ccc3c(c2)c2ccc(-c4ccc5oc6ccc(-c7cccc(-c8ccc9oc%10ccccc%10c9c8)c7)cc6c5c4)cc2n3-c2ccccc2)C=CC=CC1. The van der Waals surface area contributed by atoms with Crippen molar-refractivity contribution in [2.45, 2.75) is 18.8 Å². The molecule has 0 amide bonds. The maximum Gasteiger partial charge on any atom is 0.135 e. The number of aromatic nitrogens is 1. The fourth-order valence-corrected chi connectivity index (χ4v) is 9.27. The predicted molar refractivity (Wildman–Crippen MR) is 242 cm³/mol. The molecule has 1 unspecified atom stereocenters. The Morgan fingerprint density at radius 1 is 0.414 bits per heavy atom. The van der Waals surface area contributed by atoms with E-state index in [4.69, 9.17) is 8.83 Å². The molecule has 0 N–H and O–H groups in total. The Balaban J connectivity index is 0.955. The molecule has 1 aliphatic carbocycles. The van der Waals surface area contributed by atoms with Crippen molar-refractivity contribution in [2.24, 2.45) is 0 Å². The van der Waals surface area contributed by atoms with Crippen LogP contribution in [-0.2, 0) is 5.41 Å². The van der Waals surface area contributed by atoms with E-state index in [1.54, 1.807) is 0 Å². The summed E-state index contributed by atoms with van der Waals surface area (Å²) < 4.78 is 15.0. The number of hydrogen-bond acceptors (Lipinski definition) is 2.